The SMILES string of the molecule is CC/C=C\CN=C(N)N. The van der Waals surface area contributed by atoms with Crippen LogP contribution in [0.2, 0.25) is 0 Å². The highest BCUT2D eigenvalue weighted by Crippen LogP contribution is 1.78. The summed E-state index contributed by atoms with van der Waals surface area (Å²) in [5.41, 5.74) is 10.1. The molecule has 0 unspecified atom stereocenters. The van der Waals surface area contributed by atoms with E-state index < -0.39 is 0 Å². The molecule has 0 rings (SSSR count). The number of aliphatic imine (C=N–C) groups is 1. The smallest absolute Gasteiger partial charge is 0.186 e. The first-order valence-electron chi connectivity index (χ1n) is 2.97. The molecule has 0 aliphatic heterocycles. The van der Waals surface area contributed by atoms with Gasteiger partial charge in [0.2, 0.25) is 0 Å². The molecule has 0 fully saturated rings. The molecule has 0 aromatic heterocycles. The van der Waals surface area contributed by atoms with Crippen LogP contribution in [0.15, 0.2) is 17.1 Å². The van der Waals surface area contributed by atoms with Crippen LogP contribution in [0.25, 0.3) is 0 Å². The van der Waals surface area contributed by atoms with E-state index in [0.29, 0.717) is 6.54 Å². The highest BCUT2D eigenvalue weighted by Gasteiger charge is 1.73. The summed E-state index contributed by atoms with van der Waals surface area (Å²) in [6.07, 6.45) is 4.98. The number of guanidine groups is 1. The summed E-state index contributed by atoms with van der Waals surface area (Å²) in [5, 5.41) is 0. The van der Waals surface area contributed by atoms with Crippen LogP contribution >= 0.6 is 0 Å². The van der Waals surface area contributed by atoms with Crippen molar-refractivity contribution in [3.05, 3.63) is 12.2 Å². The van der Waals surface area contributed by atoms with Crippen LogP contribution in [0.5, 0.6) is 0 Å². The van der Waals surface area contributed by atoms with Gasteiger partial charge in [0.15, 0.2) is 5.96 Å². The summed E-state index contributed by atoms with van der Waals surface area (Å²) in [7, 11) is 0. The lowest BCUT2D eigenvalue weighted by Crippen LogP contribution is -2.22. The maximum atomic E-state index is 5.07. The van der Waals surface area contributed by atoms with Crippen molar-refractivity contribution in [3.63, 3.8) is 0 Å². The molecule has 0 saturated heterocycles. The van der Waals surface area contributed by atoms with E-state index in [4.69, 9.17) is 11.5 Å². The van der Waals surface area contributed by atoms with Crippen molar-refractivity contribution in [1.29, 1.82) is 0 Å². The third kappa shape index (κ3) is 7.01. The molecule has 0 heterocycles. The minimum absolute atomic E-state index is 0.149. The van der Waals surface area contributed by atoms with Crippen LogP contribution in [0.3, 0.4) is 0 Å². The van der Waals surface area contributed by atoms with Crippen LogP contribution < -0.4 is 11.5 Å². The Labute approximate surface area is 55.4 Å². The monoisotopic (exact) mass is 127 g/mol. The van der Waals surface area contributed by atoms with Gasteiger partial charge in [-0.25, -0.2) is 4.99 Å². The minimum atomic E-state index is 0.149. The van der Waals surface area contributed by atoms with Gasteiger partial charge in [-0.05, 0) is 6.42 Å². The Hall–Kier alpha value is -0.990. The molecule has 0 radical (unpaired) electrons. The van der Waals surface area contributed by atoms with E-state index in [2.05, 4.69) is 11.9 Å². The van der Waals surface area contributed by atoms with Gasteiger partial charge in [0.1, 0.15) is 0 Å². The van der Waals surface area contributed by atoms with Crippen LogP contribution in [-0.4, -0.2) is 12.5 Å². The third-order valence-corrected chi connectivity index (χ3v) is 0.782. The average Bonchev–Trinajstić information content (AvgIpc) is 1.80. The highest BCUT2D eigenvalue weighted by atomic mass is 15.0. The van der Waals surface area contributed by atoms with E-state index in [9.17, 15) is 0 Å². The molecule has 4 N–H and O–H groups in total. The van der Waals surface area contributed by atoms with Crippen LogP contribution in [0.4, 0.5) is 0 Å². The summed E-state index contributed by atoms with van der Waals surface area (Å²) < 4.78 is 0. The largest absolute Gasteiger partial charge is 0.370 e. The molecule has 3 nitrogen and oxygen atoms in total. The fraction of sp³-hybridized carbons (Fsp3) is 0.500. The zero-order valence-electron chi connectivity index (χ0n) is 5.67. The Kier molecular flexibility index (Phi) is 4.59. The lowest BCUT2D eigenvalue weighted by molar-refractivity contribution is 1.16. The average molecular weight is 127 g/mol. The van der Waals surface area contributed by atoms with E-state index in [-0.39, 0.29) is 5.96 Å². The van der Waals surface area contributed by atoms with E-state index >= 15 is 0 Å². The Bertz CT molecular complexity index is 111. The van der Waals surface area contributed by atoms with Crippen molar-refractivity contribution in [1.82, 2.24) is 0 Å². The fourth-order valence-corrected chi connectivity index (χ4v) is 0.399. The maximum absolute atomic E-state index is 5.07. The van der Waals surface area contributed by atoms with E-state index in [1.165, 1.54) is 0 Å². The molecule has 0 aromatic carbocycles. The molecular weight excluding hydrogens is 114 g/mol. The molecule has 52 valence electrons. The van der Waals surface area contributed by atoms with Crippen molar-refractivity contribution in [3.8, 4) is 0 Å². The topological polar surface area (TPSA) is 64.4 Å². The first-order valence-corrected chi connectivity index (χ1v) is 2.97. The van der Waals surface area contributed by atoms with Crippen molar-refractivity contribution in [2.24, 2.45) is 16.5 Å². The predicted molar refractivity (Wildman–Crippen MR) is 40.1 cm³/mol. The summed E-state index contributed by atoms with van der Waals surface area (Å²) in [6, 6.07) is 0. The Morgan fingerprint density at radius 2 is 2.11 bits per heavy atom. The summed E-state index contributed by atoms with van der Waals surface area (Å²) in [4.78, 5) is 3.75. The number of nitrogens with zero attached hydrogens (tertiary/aromatic N) is 1. The standard InChI is InChI=1S/C6H13N3/c1-2-3-4-5-9-6(7)8/h3-4H,2,5H2,1H3,(H4,7,8,9)/b4-3-. The van der Waals surface area contributed by atoms with Gasteiger partial charge in [-0.2, -0.15) is 0 Å². The van der Waals surface area contributed by atoms with Crippen molar-refractivity contribution >= 4 is 5.96 Å². The van der Waals surface area contributed by atoms with Gasteiger partial charge >= 0.3 is 0 Å². The van der Waals surface area contributed by atoms with Gasteiger partial charge in [0, 0.05) is 0 Å². The first kappa shape index (κ1) is 8.01. The molecule has 0 bridgehead atoms. The second-order valence-corrected chi connectivity index (χ2v) is 1.65. The molecule has 0 amide bonds. The number of allylic oxidation sites excluding steroid dienone is 1. The lowest BCUT2D eigenvalue weighted by atomic mass is 10.4. The number of hydrogen-bond acceptors (Lipinski definition) is 1. The summed E-state index contributed by atoms with van der Waals surface area (Å²) >= 11 is 0. The van der Waals surface area contributed by atoms with Gasteiger partial charge in [0.05, 0.1) is 6.54 Å². The molecule has 0 spiro atoms. The molecule has 0 saturated carbocycles. The molecule has 9 heavy (non-hydrogen) atoms. The maximum Gasteiger partial charge on any atom is 0.186 e. The van der Waals surface area contributed by atoms with Gasteiger partial charge in [0.25, 0.3) is 0 Å². The van der Waals surface area contributed by atoms with Gasteiger partial charge in [-0.1, -0.05) is 19.1 Å². The Balaban J connectivity index is 3.29. The van der Waals surface area contributed by atoms with E-state index in [1.807, 2.05) is 12.2 Å². The highest BCUT2D eigenvalue weighted by molar-refractivity contribution is 5.75. The van der Waals surface area contributed by atoms with Crippen LogP contribution in [0, 0.1) is 0 Å². The van der Waals surface area contributed by atoms with Crippen LogP contribution in [-0.2, 0) is 0 Å². The molecule has 3 heteroatoms. The van der Waals surface area contributed by atoms with Crippen molar-refractivity contribution in [2.45, 2.75) is 13.3 Å². The lowest BCUT2D eigenvalue weighted by Gasteiger charge is -1.85. The molecule has 0 aromatic rings. The van der Waals surface area contributed by atoms with Crippen molar-refractivity contribution < 1.29 is 0 Å². The fourth-order valence-electron chi connectivity index (χ4n) is 0.399. The second-order valence-electron chi connectivity index (χ2n) is 1.65. The van der Waals surface area contributed by atoms with E-state index in [0.717, 1.165) is 6.42 Å². The summed E-state index contributed by atoms with van der Waals surface area (Å²) in [6.45, 7) is 2.65. The number of nitrogens with two attached hydrogens (primary N) is 2. The van der Waals surface area contributed by atoms with Gasteiger partial charge in [-0.15, -0.1) is 0 Å². The Morgan fingerprint density at radius 3 is 2.56 bits per heavy atom. The van der Waals surface area contributed by atoms with Gasteiger partial charge in [-0.3, -0.25) is 0 Å². The second kappa shape index (κ2) is 5.15. The molecule has 0 aliphatic carbocycles. The number of hydrogen-bond donors (Lipinski definition) is 2. The molecule has 0 atom stereocenters. The zero-order valence-corrected chi connectivity index (χ0v) is 5.67. The Morgan fingerprint density at radius 1 is 1.44 bits per heavy atom. The zero-order chi connectivity index (χ0) is 7.11. The number of rotatable bonds is 3. The first-order chi connectivity index (χ1) is 4.27. The minimum Gasteiger partial charge on any atom is -0.370 e. The normalized spacial score (nSPS) is 9.89. The summed E-state index contributed by atoms with van der Waals surface area (Å²) in [5.74, 6) is 0.149. The van der Waals surface area contributed by atoms with Crippen LogP contribution in [0.1, 0.15) is 13.3 Å². The van der Waals surface area contributed by atoms with Gasteiger partial charge < -0.3 is 11.5 Å². The molecule has 0 aliphatic rings. The molecular formula is C6H13N3. The quantitative estimate of drug-likeness (QED) is 0.324. The predicted octanol–water partition coefficient (Wildman–Crippen LogP) is 0.226. The van der Waals surface area contributed by atoms with E-state index in [1.54, 1.807) is 0 Å². The van der Waals surface area contributed by atoms with Crippen molar-refractivity contribution in [2.75, 3.05) is 6.54 Å². The third-order valence-electron chi connectivity index (χ3n) is 0.782.